The van der Waals surface area contributed by atoms with E-state index in [4.69, 9.17) is 32.7 Å². The number of fused-ring (bicyclic) bond motifs is 8. The van der Waals surface area contributed by atoms with Crippen LogP contribution in [0.2, 0.25) is 10.0 Å². The lowest BCUT2D eigenvalue weighted by Gasteiger charge is -2.45. The molecule has 12 rings (SSSR count). The van der Waals surface area contributed by atoms with Crippen molar-refractivity contribution in [2.45, 2.75) is 139 Å². The molecule has 420 valence electrons. The normalized spacial score (nSPS) is 30.7. The fourth-order valence-electron chi connectivity index (χ4n) is 14.2. The van der Waals surface area contributed by atoms with Crippen molar-refractivity contribution in [3.8, 4) is 11.5 Å². The van der Waals surface area contributed by atoms with Crippen molar-refractivity contribution in [3.05, 3.63) is 116 Å². The van der Waals surface area contributed by atoms with E-state index in [0.717, 1.165) is 125 Å². The van der Waals surface area contributed by atoms with E-state index in [9.17, 15) is 36.6 Å². The molecule has 4 aliphatic carbocycles. The smallest absolute Gasteiger partial charge is 0.264 e. The molecule has 0 aromatic heterocycles. The van der Waals surface area contributed by atoms with Gasteiger partial charge in [0.1, 0.15) is 11.5 Å². The Balaban J connectivity index is 0.000000165. The fourth-order valence-corrected chi connectivity index (χ4v) is 16.8. The summed E-state index contributed by atoms with van der Waals surface area (Å²) < 4.78 is 67.9. The van der Waals surface area contributed by atoms with Crippen LogP contribution in [0.1, 0.15) is 146 Å². The van der Waals surface area contributed by atoms with Gasteiger partial charge in [0.2, 0.25) is 20.0 Å². The number of nitrogens with one attached hydrogen (secondary N) is 2. The van der Waals surface area contributed by atoms with Crippen LogP contribution in [0.25, 0.3) is 0 Å². The Morgan fingerprint density at radius 2 is 0.949 bits per heavy atom. The van der Waals surface area contributed by atoms with Crippen LogP contribution >= 0.6 is 23.2 Å². The highest BCUT2D eigenvalue weighted by molar-refractivity contribution is 7.90. The first-order valence-electron chi connectivity index (χ1n) is 28.5. The number of ether oxygens (including phenoxy) is 2. The number of halogens is 2. The average Bonchev–Trinajstić information content (AvgIpc) is 3.81. The summed E-state index contributed by atoms with van der Waals surface area (Å²) in [6.45, 7) is 4.15. The van der Waals surface area contributed by atoms with Gasteiger partial charge in [-0.1, -0.05) is 35.3 Å². The maximum absolute atomic E-state index is 13.1. The number of carbonyl (C=O) groups excluding carboxylic acids is 2. The second-order valence-corrected chi connectivity index (χ2v) is 28.6. The molecule has 4 aliphatic heterocycles. The summed E-state index contributed by atoms with van der Waals surface area (Å²) >= 11 is 12.7. The molecule has 2 fully saturated rings. The van der Waals surface area contributed by atoms with Crippen LogP contribution in [-0.2, 0) is 43.7 Å². The number of aliphatic hydroxyl groups is 2. The molecule has 0 unspecified atom stereocenters. The molecule has 78 heavy (non-hydrogen) atoms. The van der Waals surface area contributed by atoms with Gasteiger partial charge in [0, 0.05) is 58.2 Å². The second kappa shape index (κ2) is 22.8. The largest absolute Gasteiger partial charge is 0.490 e. The van der Waals surface area contributed by atoms with E-state index in [2.05, 4.69) is 43.5 Å². The Hall–Kier alpha value is -4.58. The van der Waals surface area contributed by atoms with Crippen molar-refractivity contribution in [2.75, 3.05) is 60.7 Å². The van der Waals surface area contributed by atoms with E-state index in [-0.39, 0.29) is 22.3 Å². The first kappa shape index (κ1) is 55.3. The van der Waals surface area contributed by atoms with Crippen LogP contribution in [0.4, 0.5) is 11.4 Å². The van der Waals surface area contributed by atoms with Gasteiger partial charge >= 0.3 is 0 Å². The summed E-state index contributed by atoms with van der Waals surface area (Å²) in [5, 5.41) is 22.9. The number of aryl methyl sites for hydroxylation is 2. The van der Waals surface area contributed by atoms with Crippen LogP contribution in [0, 0.1) is 23.7 Å². The third kappa shape index (κ3) is 12.1. The highest BCUT2D eigenvalue weighted by Gasteiger charge is 2.46. The summed E-state index contributed by atoms with van der Waals surface area (Å²) in [6, 6.07) is 22.9. The molecular formula is C60H74Cl2N4O10S2. The lowest BCUT2D eigenvalue weighted by molar-refractivity contribution is 0.0720. The maximum atomic E-state index is 13.1. The molecule has 0 radical (unpaired) electrons. The molecule has 0 saturated heterocycles. The molecule has 14 nitrogen and oxygen atoms in total. The number of benzene rings is 4. The molecule has 2 saturated carbocycles. The van der Waals surface area contributed by atoms with Gasteiger partial charge in [-0.2, -0.15) is 0 Å². The van der Waals surface area contributed by atoms with Crippen molar-refractivity contribution in [1.29, 1.82) is 0 Å². The van der Waals surface area contributed by atoms with Crippen molar-refractivity contribution in [1.82, 2.24) is 9.44 Å². The molecule has 2 amide bonds. The van der Waals surface area contributed by atoms with Crippen LogP contribution in [-0.4, -0.2) is 102 Å². The van der Waals surface area contributed by atoms with Gasteiger partial charge in [0.05, 0.1) is 48.3 Å². The van der Waals surface area contributed by atoms with Crippen LogP contribution < -0.4 is 28.7 Å². The summed E-state index contributed by atoms with van der Waals surface area (Å²) in [4.78, 5) is 30.9. The molecule has 4 N–H and O–H groups in total. The molecule has 4 aromatic carbocycles. The van der Waals surface area contributed by atoms with E-state index in [1.165, 1.54) is 22.3 Å². The molecule has 2 spiro atoms. The summed E-state index contributed by atoms with van der Waals surface area (Å²) in [7, 11) is -7.54. The van der Waals surface area contributed by atoms with E-state index in [1.807, 2.05) is 12.1 Å². The predicted octanol–water partition coefficient (Wildman–Crippen LogP) is 9.67. The minimum absolute atomic E-state index is 0.135. The molecule has 18 heteroatoms. The van der Waals surface area contributed by atoms with Crippen LogP contribution in [0.3, 0.4) is 0 Å². The number of nitrogens with zero attached hydrogens (tertiary/aromatic N) is 2. The number of anilines is 2. The van der Waals surface area contributed by atoms with E-state index >= 15 is 0 Å². The van der Waals surface area contributed by atoms with Crippen molar-refractivity contribution in [2.24, 2.45) is 23.7 Å². The zero-order valence-corrected chi connectivity index (χ0v) is 47.5. The third-order valence-electron chi connectivity index (χ3n) is 18.7. The van der Waals surface area contributed by atoms with Gasteiger partial charge < -0.3 is 29.5 Å². The number of hydrogen-bond acceptors (Lipinski definition) is 12. The number of aliphatic hydroxyl groups excluding tert-OH is 2. The van der Waals surface area contributed by atoms with Gasteiger partial charge in [0.15, 0.2) is 0 Å². The van der Waals surface area contributed by atoms with Gasteiger partial charge in [-0.15, -0.1) is 0 Å². The number of carbonyl (C=O) groups is 2. The monoisotopic (exact) mass is 1140 g/mol. The maximum Gasteiger partial charge on any atom is 0.264 e. The topological polar surface area (TPSA) is 192 Å². The highest BCUT2D eigenvalue weighted by atomic mass is 35.5. The molecular weight excluding hydrogens is 1070 g/mol. The Labute approximate surface area is 470 Å². The van der Waals surface area contributed by atoms with Crippen LogP contribution in [0.15, 0.2) is 72.8 Å². The number of amides is 2. The van der Waals surface area contributed by atoms with E-state index in [0.29, 0.717) is 98.0 Å². The zero-order valence-electron chi connectivity index (χ0n) is 44.4. The van der Waals surface area contributed by atoms with Gasteiger partial charge in [-0.05, 0) is 222 Å². The SMILES string of the molecule is O=C1NS(=O)(=O)CCCC[C@@H](O)C[C@@H]2CC[C@H]2CN2C[C@@]3(CCCc4cc(Cl)ccc43)COc3ccc1cc32.O=C1NS(=O)(=O)CCCC[C@H](O)C[C@@H]2CC[C@H]2CN2C[C@@]3(CCCc4cc(Cl)ccc43)COc3ccc1cc32. The summed E-state index contributed by atoms with van der Waals surface area (Å²) in [5.74, 6) is 1.67. The molecule has 8 atom stereocenters. The predicted molar refractivity (Wildman–Crippen MR) is 304 cm³/mol. The minimum Gasteiger partial charge on any atom is -0.490 e. The standard InChI is InChI=1S/2C30H37ClN2O5S/c2*31-24-9-10-26-21(14-24)4-3-12-30(26)18-33-17-23-7-6-20(23)15-25(34)5-1-2-13-39(36,37)32-29(35)22-8-11-28(38-19-30)27(33)16-22/h2*8-11,14,16,20,23,25,34H,1-7,12-13,15,17-19H2,(H,32,35)/t20-,23-,25+,30-;20-,23-,25-,30-/m00/s1. The molecule has 4 aromatic rings. The van der Waals surface area contributed by atoms with Gasteiger partial charge in [-0.3, -0.25) is 9.59 Å². The highest BCUT2D eigenvalue weighted by Crippen LogP contribution is 2.49. The molecule has 4 heterocycles. The lowest BCUT2D eigenvalue weighted by atomic mass is 9.68. The van der Waals surface area contributed by atoms with E-state index in [1.54, 1.807) is 36.4 Å². The first-order chi connectivity index (χ1) is 37.4. The number of sulfonamides is 2. The zero-order chi connectivity index (χ0) is 54.4. The molecule has 8 aliphatic rings. The average molecular weight is 1150 g/mol. The summed E-state index contributed by atoms with van der Waals surface area (Å²) in [6.07, 6.45) is 14.3. The Morgan fingerprint density at radius 3 is 1.36 bits per heavy atom. The Morgan fingerprint density at radius 1 is 0.526 bits per heavy atom. The number of rotatable bonds is 0. The van der Waals surface area contributed by atoms with E-state index < -0.39 is 44.1 Å². The van der Waals surface area contributed by atoms with Gasteiger partial charge in [-0.25, -0.2) is 26.3 Å². The molecule has 4 bridgehead atoms. The second-order valence-electron chi connectivity index (χ2n) is 24.0. The third-order valence-corrected chi connectivity index (χ3v) is 21.8. The Kier molecular flexibility index (Phi) is 16.1. The Bertz CT molecular complexity index is 2940. The van der Waals surface area contributed by atoms with Crippen molar-refractivity contribution < 1.29 is 46.1 Å². The van der Waals surface area contributed by atoms with Crippen molar-refractivity contribution >= 4 is 66.4 Å². The number of hydrogen-bond donors (Lipinski definition) is 4. The first-order valence-corrected chi connectivity index (χ1v) is 32.6. The quantitative estimate of drug-likeness (QED) is 0.131. The fraction of sp³-hybridized carbons (Fsp3) is 0.567. The summed E-state index contributed by atoms with van der Waals surface area (Å²) in [5.41, 5.74) is 6.94. The van der Waals surface area contributed by atoms with Crippen LogP contribution in [0.5, 0.6) is 11.5 Å². The van der Waals surface area contributed by atoms with Gasteiger partial charge in [0.25, 0.3) is 11.8 Å². The minimum atomic E-state index is -3.77. The van der Waals surface area contributed by atoms with Crippen molar-refractivity contribution in [3.63, 3.8) is 0 Å². The lowest BCUT2D eigenvalue weighted by Crippen LogP contribution is -2.48.